The van der Waals surface area contributed by atoms with Crippen molar-refractivity contribution in [2.24, 2.45) is 0 Å². The molecule has 0 aliphatic rings. The topological polar surface area (TPSA) is 49.6 Å². The monoisotopic (exact) mass is 355 g/mol. The Balaban J connectivity index is 1.51. The first-order chi connectivity index (χ1) is 11.3. The van der Waals surface area contributed by atoms with E-state index >= 15 is 0 Å². The van der Waals surface area contributed by atoms with Gasteiger partial charge in [-0.15, -0.1) is 10.2 Å². The molecule has 0 atom stereocenters. The Morgan fingerprint density at radius 2 is 1.39 bits per heavy atom. The maximum atomic E-state index is 8.80. The molecule has 23 heavy (non-hydrogen) atoms. The second kappa shape index (κ2) is 8.16. The molecule has 1 aromatic heterocycles. The Bertz CT molecular complexity index is 792. The molecular formula is C17H13N3S3. The number of thioether (sulfide) groups is 2. The van der Waals surface area contributed by atoms with Crippen molar-refractivity contribution in [2.75, 3.05) is 0 Å². The maximum Gasteiger partial charge on any atom is 0.175 e. The average Bonchev–Trinajstić information content (AvgIpc) is 3.07. The van der Waals surface area contributed by atoms with Crippen molar-refractivity contribution >= 4 is 34.9 Å². The Labute approximate surface area is 147 Å². The third-order valence-electron chi connectivity index (χ3n) is 3.04. The summed E-state index contributed by atoms with van der Waals surface area (Å²) in [6, 6.07) is 20.2. The second-order valence-corrected chi connectivity index (χ2v) is 8.13. The van der Waals surface area contributed by atoms with Crippen LogP contribution in [0.25, 0.3) is 0 Å². The van der Waals surface area contributed by atoms with Crippen LogP contribution >= 0.6 is 34.9 Å². The van der Waals surface area contributed by atoms with Crippen molar-refractivity contribution in [2.45, 2.75) is 20.2 Å². The summed E-state index contributed by atoms with van der Waals surface area (Å²) in [5, 5.41) is 17.3. The smallest absolute Gasteiger partial charge is 0.175 e. The molecule has 6 heteroatoms. The van der Waals surface area contributed by atoms with E-state index in [2.05, 4.69) is 40.5 Å². The van der Waals surface area contributed by atoms with Gasteiger partial charge >= 0.3 is 0 Å². The highest BCUT2D eigenvalue weighted by molar-refractivity contribution is 8.02. The van der Waals surface area contributed by atoms with Gasteiger partial charge in [0, 0.05) is 11.5 Å². The molecule has 0 fully saturated rings. The number of nitrogens with zero attached hydrogens (tertiary/aromatic N) is 3. The van der Waals surface area contributed by atoms with Crippen molar-refractivity contribution in [3.05, 3.63) is 71.3 Å². The Hall–Kier alpha value is -1.81. The maximum absolute atomic E-state index is 8.80. The van der Waals surface area contributed by atoms with E-state index in [1.807, 2.05) is 30.3 Å². The zero-order valence-electron chi connectivity index (χ0n) is 12.2. The Morgan fingerprint density at radius 3 is 1.96 bits per heavy atom. The van der Waals surface area contributed by atoms with Crippen LogP contribution in [-0.2, 0) is 11.5 Å². The summed E-state index contributed by atoms with van der Waals surface area (Å²) in [7, 11) is 0. The summed E-state index contributed by atoms with van der Waals surface area (Å²) in [5.41, 5.74) is 3.16. The predicted molar refractivity (Wildman–Crippen MR) is 96.6 cm³/mol. The molecular weight excluding hydrogens is 342 g/mol. The van der Waals surface area contributed by atoms with Crippen LogP contribution in [0.2, 0.25) is 0 Å². The molecule has 1 heterocycles. The number of hydrogen-bond acceptors (Lipinski definition) is 6. The highest BCUT2D eigenvalue weighted by Crippen LogP contribution is 2.32. The van der Waals surface area contributed by atoms with Gasteiger partial charge in [0.1, 0.15) is 0 Å². The van der Waals surface area contributed by atoms with E-state index < -0.39 is 0 Å². The van der Waals surface area contributed by atoms with Gasteiger partial charge in [0.05, 0.1) is 11.6 Å². The van der Waals surface area contributed by atoms with E-state index in [0.29, 0.717) is 5.56 Å². The molecule has 0 unspecified atom stereocenters. The minimum absolute atomic E-state index is 0.689. The van der Waals surface area contributed by atoms with Crippen molar-refractivity contribution in [3.8, 4) is 6.07 Å². The summed E-state index contributed by atoms with van der Waals surface area (Å²) >= 11 is 5.03. The quantitative estimate of drug-likeness (QED) is 0.583. The van der Waals surface area contributed by atoms with Gasteiger partial charge in [0.15, 0.2) is 8.68 Å². The first-order valence-electron chi connectivity index (χ1n) is 6.95. The lowest BCUT2D eigenvalue weighted by molar-refractivity contribution is 0.954. The Kier molecular flexibility index (Phi) is 5.70. The zero-order valence-corrected chi connectivity index (χ0v) is 14.6. The van der Waals surface area contributed by atoms with Crippen molar-refractivity contribution in [1.29, 1.82) is 5.26 Å². The average molecular weight is 356 g/mol. The molecule has 3 nitrogen and oxygen atoms in total. The molecule has 0 aliphatic carbocycles. The van der Waals surface area contributed by atoms with Crippen molar-refractivity contribution < 1.29 is 0 Å². The fourth-order valence-corrected chi connectivity index (χ4v) is 4.79. The van der Waals surface area contributed by atoms with Crippen LogP contribution in [0.4, 0.5) is 0 Å². The highest BCUT2D eigenvalue weighted by Gasteiger charge is 2.06. The molecule has 0 bridgehead atoms. The molecule has 0 radical (unpaired) electrons. The minimum atomic E-state index is 0.689. The molecule has 0 amide bonds. The van der Waals surface area contributed by atoms with Crippen molar-refractivity contribution in [3.63, 3.8) is 0 Å². The number of aromatic nitrogens is 2. The van der Waals surface area contributed by atoms with Crippen LogP contribution in [0.15, 0.2) is 63.3 Å². The lowest BCUT2D eigenvalue weighted by atomic mass is 10.2. The lowest BCUT2D eigenvalue weighted by Gasteiger charge is -1.98. The summed E-state index contributed by atoms with van der Waals surface area (Å²) in [6.07, 6.45) is 0. The molecule has 0 spiro atoms. The molecule has 0 saturated carbocycles. The van der Waals surface area contributed by atoms with Gasteiger partial charge in [-0.05, 0) is 23.3 Å². The van der Waals surface area contributed by atoms with Gasteiger partial charge in [-0.25, -0.2) is 0 Å². The molecule has 2 aromatic carbocycles. The SMILES string of the molecule is N#Cc1ccc(CSc2nnc(SCc3ccccc3)s2)cc1. The van der Waals surface area contributed by atoms with Gasteiger partial charge < -0.3 is 0 Å². The molecule has 3 rings (SSSR count). The first-order valence-corrected chi connectivity index (χ1v) is 9.74. The lowest BCUT2D eigenvalue weighted by Crippen LogP contribution is -1.81. The van der Waals surface area contributed by atoms with E-state index in [1.165, 1.54) is 11.1 Å². The number of benzene rings is 2. The second-order valence-electron chi connectivity index (χ2n) is 4.71. The molecule has 0 aliphatic heterocycles. The minimum Gasteiger partial charge on any atom is -0.192 e. The largest absolute Gasteiger partial charge is 0.192 e. The van der Waals surface area contributed by atoms with E-state index in [0.717, 1.165) is 20.2 Å². The van der Waals surface area contributed by atoms with Crippen LogP contribution in [0.5, 0.6) is 0 Å². The number of nitriles is 1. The third-order valence-corrected chi connectivity index (χ3v) is 6.37. The van der Waals surface area contributed by atoms with Gasteiger partial charge in [-0.1, -0.05) is 77.3 Å². The van der Waals surface area contributed by atoms with E-state index in [9.17, 15) is 0 Å². The first kappa shape index (κ1) is 16.1. The van der Waals surface area contributed by atoms with Gasteiger partial charge in [0.25, 0.3) is 0 Å². The molecule has 3 aromatic rings. The van der Waals surface area contributed by atoms with Crippen LogP contribution in [0.3, 0.4) is 0 Å². The third kappa shape index (κ3) is 4.83. The van der Waals surface area contributed by atoms with Crippen LogP contribution < -0.4 is 0 Å². The van der Waals surface area contributed by atoms with E-state index in [4.69, 9.17) is 5.26 Å². The summed E-state index contributed by atoms with van der Waals surface area (Å²) in [4.78, 5) is 0. The van der Waals surface area contributed by atoms with Crippen LogP contribution in [-0.4, -0.2) is 10.2 Å². The molecule has 0 N–H and O–H groups in total. The van der Waals surface area contributed by atoms with Crippen LogP contribution in [0, 0.1) is 11.3 Å². The fourth-order valence-electron chi connectivity index (χ4n) is 1.85. The van der Waals surface area contributed by atoms with Crippen LogP contribution in [0.1, 0.15) is 16.7 Å². The van der Waals surface area contributed by atoms with E-state index in [1.54, 1.807) is 34.9 Å². The van der Waals surface area contributed by atoms with Gasteiger partial charge in [-0.3, -0.25) is 0 Å². The number of hydrogen-bond donors (Lipinski definition) is 0. The predicted octanol–water partition coefficient (Wildman–Crippen LogP) is 4.99. The summed E-state index contributed by atoms with van der Waals surface area (Å²) in [5.74, 6) is 1.75. The highest BCUT2D eigenvalue weighted by atomic mass is 32.2. The zero-order chi connectivity index (χ0) is 15.9. The number of rotatable bonds is 6. The van der Waals surface area contributed by atoms with Gasteiger partial charge in [0.2, 0.25) is 0 Å². The molecule has 114 valence electrons. The van der Waals surface area contributed by atoms with Gasteiger partial charge in [-0.2, -0.15) is 5.26 Å². The Morgan fingerprint density at radius 1 is 0.826 bits per heavy atom. The molecule has 0 saturated heterocycles. The fraction of sp³-hybridized carbons (Fsp3) is 0.118. The normalized spacial score (nSPS) is 10.4. The summed E-state index contributed by atoms with van der Waals surface area (Å²) in [6.45, 7) is 0. The van der Waals surface area contributed by atoms with Crippen molar-refractivity contribution in [1.82, 2.24) is 10.2 Å². The summed E-state index contributed by atoms with van der Waals surface area (Å²) < 4.78 is 1.97. The standard InChI is InChI=1S/C17H13N3S3/c18-10-13-6-8-15(9-7-13)12-22-17-20-19-16(23-17)21-11-14-4-2-1-3-5-14/h1-9H,11-12H2. The van der Waals surface area contributed by atoms with E-state index in [-0.39, 0.29) is 0 Å².